The largest absolute Gasteiger partial charge is 0.316 e. The molecule has 0 radical (unpaired) electrons. The van der Waals surface area contributed by atoms with Gasteiger partial charge >= 0.3 is 0 Å². The van der Waals surface area contributed by atoms with Crippen molar-refractivity contribution in [3.63, 3.8) is 0 Å². The third kappa shape index (κ3) is 4.02. The van der Waals surface area contributed by atoms with E-state index in [2.05, 4.69) is 155 Å². The van der Waals surface area contributed by atoms with Crippen LogP contribution in [0.1, 0.15) is 0 Å². The maximum Gasteiger partial charge on any atom is 0.0541 e. The number of rotatable bonds is 5. The standard InChI is InChI=1S/C42H28N2S/c1-2-3-4-11-24-43-37-15-8-5-12-31(37)35-25-28(18-22-38(35)43)29-19-23-40-36(26-29)32-13-6-9-16-39(32)44(40)30-20-21-34-33-14-7-10-17-41(33)45-42(34)27-30/h2-27H,1H2/b4-3-,24-11-. The van der Waals surface area contributed by atoms with E-state index in [9.17, 15) is 0 Å². The maximum atomic E-state index is 3.78. The molecule has 9 aromatic rings. The van der Waals surface area contributed by atoms with E-state index in [1.807, 2.05) is 23.5 Å². The fraction of sp³-hybridized carbons (Fsp3) is 0. The highest BCUT2D eigenvalue weighted by molar-refractivity contribution is 7.25. The minimum absolute atomic E-state index is 1.19. The number of benzene rings is 6. The summed E-state index contributed by atoms with van der Waals surface area (Å²) in [4.78, 5) is 0. The van der Waals surface area contributed by atoms with Gasteiger partial charge in [0.05, 0.1) is 22.1 Å². The molecule has 212 valence electrons. The Kier molecular flexibility index (Phi) is 5.87. The monoisotopic (exact) mass is 592 g/mol. The van der Waals surface area contributed by atoms with Crippen LogP contribution >= 0.6 is 11.3 Å². The Labute approximate surface area is 264 Å². The van der Waals surface area contributed by atoms with Crippen LogP contribution in [-0.4, -0.2) is 9.13 Å². The van der Waals surface area contributed by atoms with Gasteiger partial charge in [-0.25, -0.2) is 0 Å². The lowest BCUT2D eigenvalue weighted by molar-refractivity contribution is 1.19. The van der Waals surface area contributed by atoms with Crippen LogP contribution in [0.15, 0.2) is 158 Å². The Morgan fingerprint density at radius 3 is 1.87 bits per heavy atom. The van der Waals surface area contributed by atoms with E-state index in [-0.39, 0.29) is 0 Å². The molecule has 0 bridgehead atoms. The van der Waals surface area contributed by atoms with Gasteiger partial charge in [0, 0.05) is 53.6 Å². The van der Waals surface area contributed by atoms with Crippen molar-refractivity contribution in [1.82, 2.24) is 9.13 Å². The van der Waals surface area contributed by atoms with Gasteiger partial charge in [0.25, 0.3) is 0 Å². The number of allylic oxidation sites excluding steroid dienone is 4. The molecule has 0 aliphatic rings. The quantitative estimate of drug-likeness (QED) is 0.176. The van der Waals surface area contributed by atoms with Gasteiger partial charge in [-0.15, -0.1) is 11.3 Å². The lowest BCUT2D eigenvalue weighted by Crippen LogP contribution is -1.93. The highest BCUT2D eigenvalue weighted by Crippen LogP contribution is 2.39. The first-order valence-corrected chi connectivity index (χ1v) is 16.0. The summed E-state index contributed by atoms with van der Waals surface area (Å²) >= 11 is 1.87. The predicted molar refractivity (Wildman–Crippen MR) is 197 cm³/mol. The zero-order valence-corrected chi connectivity index (χ0v) is 25.3. The van der Waals surface area contributed by atoms with E-state index >= 15 is 0 Å². The number of para-hydroxylation sites is 2. The van der Waals surface area contributed by atoms with Crippen molar-refractivity contribution in [3.8, 4) is 16.8 Å². The van der Waals surface area contributed by atoms with Crippen molar-refractivity contribution in [1.29, 1.82) is 0 Å². The van der Waals surface area contributed by atoms with Gasteiger partial charge in [-0.2, -0.15) is 0 Å². The SMILES string of the molecule is C=C/C=C\C=C/n1c2ccccc2c2cc(-c3ccc4c(c3)c3ccccc3n4-c3ccc4c(c3)sc3ccccc34)ccc21. The molecule has 0 saturated heterocycles. The molecule has 0 fully saturated rings. The first-order valence-electron chi connectivity index (χ1n) is 15.2. The molecule has 3 aromatic heterocycles. The zero-order valence-electron chi connectivity index (χ0n) is 24.5. The first-order chi connectivity index (χ1) is 22.3. The maximum absolute atomic E-state index is 3.78. The molecule has 9 rings (SSSR count). The van der Waals surface area contributed by atoms with Crippen molar-refractivity contribution in [3.05, 3.63) is 158 Å². The van der Waals surface area contributed by atoms with Crippen molar-refractivity contribution in [2.45, 2.75) is 0 Å². The molecule has 0 unspecified atom stereocenters. The molecule has 0 N–H and O–H groups in total. The topological polar surface area (TPSA) is 9.86 Å². The third-order valence-corrected chi connectivity index (χ3v) is 10.1. The molecule has 0 amide bonds. The number of fused-ring (bicyclic) bond motifs is 9. The Morgan fingerprint density at radius 1 is 0.467 bits per heavy atom. The summed E-state index contributed by atoms with van der Waals surface area (Å²) in [7, 11) is 0. The summed E-state index contributed by atoms with van der Waals surface area (Å²) in [6.45, 7) is 3.78. The molecule has 0 atom stereocenters. The molecule has 6 aromatic carbocycles. The first kappa shape index (κ1) is 25.8. The van der Waals surface area contributed by atoms with Crippen LogP contribution in [-0.2, 0) is 0 Å². The minimum Gasteiger partial charge on any atom is -0.316 e. The second-order valence-electron chi connectivity index (χ2n) is 11.4. The molecule has 45 heavy (non-hydrogen) atoms. The van der Waals surface area contributed by atoms with Gasteiger partial charge in [0.2, 0.25) is 0 Å². The molecule has 2 nitrogen and oxygen atoms in total. The Morgan fingerprint density at radius 2 is 1.07 bits per heavy atom. The van der Waals surface area contributed by atoms with Crippen LogP contribution in [0.4, 0.5) is 0 Å². The van der Waals surface area contributed by atoms with Gasteiger partial charge in [-0.1, -0.05) is 97.6 Å². The van der Waals surface area contributed by atoms with Crippen molar-refractivity contribution in [2.24, 2.45) is 0 Å². The summed E-state index contributed by atoms with van der Waals surface area (Å²) in [5, 5.41) is 7.68. The molecule has 3 heterocycles. The van der Waals surface area contributed by atoms with E-state index < -0.39 is 0 Å². The number of nitrogens with zero attached hydrogens (tertiary/aromatic N) is 2. The third-order valence-electron chi connectivity index (χ3n) is 8.93. The van der Waals surface area contributed by atoms with Crippen LogP contribution in [0, 0.1) is 0 Å². The summed E-state index contributed by atoms with van der Waals surface area (Å²) in [5.41, 5.74) is 8.45. The predicted octanol–water partition coefficient (Wildman–Crippen LogP) is 12.1. The fourth-order valence-corrected chi connectivity index (χ4v) is 8.05. The summed E-state index contributed by atoms with van der Waals surface area (Å²) in [6, 6.07) is 46.8. The van der Waals surface area contributed by atoms with Crippen LogP contribution < -0.4 is 0 Å². The lowest BCUT2D eigenvalue weighted by Gasteiger charge is -2.09. The second-order valence-corrected chi connectivity index (χ2v) is 12.5. The molecule has 0 spiro atoms. The summed E-state index contributed by atoms with van der Waals surface area (Å²) in [5.74, 6) is 0. The highest BCUT2D eigenvalue weighted by atomic mass is 32.1. The Balaban J connectivity index is 1.21. The second kappa shape index (κ2) is 10.2. The summed E-state index contributed by atoms with van der Waals surface area (Å²) < 4.78 is 7.33. The highest BCUT2D eigenvalue weighted by Gasteiger charge is 2.16. The minimum atomic E-state index is 1.19. The summed E-state index contributed by atoms with van der Waals surface area (Å²) in [6.07, 6.45) is 9.93. The van der Waals surface area contributed by atoms with Crippen LogP contribution in [0.25, 0.3) is 86.8 Å². The van der Waals surface area contributed by atoms with Crippen molar-refractivity contribution >= 4 is 81.3 Å². The fourth-order valence-electron chi connectivity index (χ4n) is 6.91. The van der Waals surface area contributed by atoms with E-state index in [1.54, 1.807) is 6.08 Å². The van der Waals surface area contributed by atoms with Crippen LogP contribution in [0.5, 0.6) is 0 Å². The normalized spacial score (nSPS) is 12.4. The molecule has 3 heteroatoms. The van der Waals surface area contributed by atoms with Gasteiger partial charge in [0.1, 0.15) is 0 Å². The van der Waals surface area contributed by atoms with Gasteiger partial charge in [-0.3, -0.25) is 0 Å². The number of hydrogen-bond acceptors (Lipinski definition) is 1. The Bertz CT molecular complexity index is 2670. The van der Waals surface area contributed by atoms with Gasteiger partial charge < -0.3 is 9.13 Å². The zero-order chi connectivity index (χ0) is 29.9. The molecule has 0 aliphatic carbocycles. The smallest absolute Gasteiger partial charge is 0.0541 e. The molecular formula is C42H28N2S. The lowest BCUT2D eigenvalue weighted by atomic mass is 10.0. The van der Waals surface area contributed by atoms with Gasteiger partial charge in [0.15, 0.2) is 0 Å². The number of thiophene rings is 1. The van der Waals surface area contributed by atoms with E-state index in [4.69, 9.17) is 0 Å². The van der Waals surface area contributed by atoms with Crippen molar-refractivity contribution < 1.29 is 0 Å². The Hall–Kier alpha value is -5.64. The average Bonchev–Trinajstić information content (AvgIpc) is 3.73. The van der Waals surface area contributed by atoms with Crippen LogP contribution in [0.2, 0.25) is 0 Å². The molecule has 0 aliphatic heterocycles. The van der Waals surface area contributed by atoms with Gasteiger partial charge in [-0.05, 0) is 71.8 Å². The van der Waals surface area contributed by atoms with E-state index in [0.717, 1.165) is 0 Å². The van der Waals surface area contributed by atoms with E-state index in [0.29, 0.717) is 0 Å². The number of aromatic nitrogens is 2. The molecule has 0 saturated carbocycles. The van der Waals surface area contributed by atoms with Crippen LogP contribution in [0.3, 0.4) is 0 Å². The van der Waals surface area contributed by atoms with Crippen molar-refractivity contribution in [2.75, 3.05) is 0 Å². The number of hydrogen-bond donors (Lipinski definition) is 0. The van der Waals surface area contributed by atoms with E-state index in [1.165, 1.54) is 80.6 Å². The molecular weight excluding hydrogens is 565 g/mol. The average molecular weight is 593 g/mol.